The molecule has 0 radical (unpaired) electrons. The first kappa shape index (κ1) is 18.6. The van der Waals surface area contributed by atoms with E-state index in [9.17, 15) is 9.59 Å². The predicted octanol–water partition coefficient (Wildman–Crippen LogP) is 4.44. The number of benzene rings is 3. The lowest BCUT2D eigenvalue weighted by molar-refractivity contribution is 0.0727. The topological polar surface area (TPSA) is 49.4 Å². The number of hydrogen-bond donors (Lipinski definition) is 1. The lowest BCUT2D eigenvalue weighted by Gasteiger charge is -2.29. The summed E-state index contributed by atoms with van der Waals surface area (Å²) in [4.78, 5) is 27.3. The summed E-state index contributed by atoms with van der Waals surface area (Å²) in [5.41, 5.74) is 5.73. The van der Waals surface area contributed by atoms with E-state index >= 15 is 0 Å². The van der Waals surface area contributed by atoms with Crippen LogP contribution in [0, 0.1) is 0 Å². The molecule has 0 bridgehead atoms. The Labute approximate surface area is 176 Å². The molecule has 1 aliphatic carbocycles. The molecule has 1 fully saturated rings. The van der Waals surface area contributed by atoms with E-state index in [2.05, 4.69) is 23.5 Å². The maximum atomic E-state index is 13.0. The third kappa shape index (κ3) is 3.86. The highest BCUT2D eigenvalue weighted by atomic mass is 16.2. The second-order valence-electron chi connectivity index (χ2n) is 8.16. The van der Waals surface area contributed by atoms with Crippen LogP contribution in [-0.2, 0) is 13.0 Å². The quantitative estimate of drug-likeness (QED) is 0.693. The molecule has 2 aliphatic rings. The Bertz CT molecular complexity index is 1100. The molecule has 0 saturated heterocycles. The van der Waals surface area contributed by atoms with Gasteiger partial charge in [-0.25, -0.2) is 0 Å². The number of amides is 2. The van der Waals surface area contributed by atoms with Crippen LogP contribution in [0.5, 0.6) is 0 Å². The Morgan fingerprint density at radius 1 is 0.933 bits per heavy atom. The zero-order chi connectivity index (χ0) is 20.5. The highest BCUT2D eigenvalue weighted by Crippen LogP contribution is 2.28. The molecule has 150 valence electrons. The Morgan fingerprint density at radius 3 is 2.53 bits per heavy atom. The van der Waals surface area contributed by atoms with Gasteiger partial charge in [0.05, 0.1) is 0 Å². The van der Waals surface area contributed by atoms with E-state index in [-0.39, 0.29) is 11.8 Å². The molecule has 5 rings (SSSR count). The van der Waals surface area contributed by atoms with Crippen molar-refractivity contribution in [3.8, 4) is 11.1 Å². The number of nitrogens with one attached hydrogen (secondary N) is 1. The molecule has 1 aliphatic heterocycles. The summed E-state index contributed by atoms with van der Waals surface area (Å²) in [6.07, 6.45) is 2.99. The molecule has 2 amide bonds. The fourth-order valence-electron chi connectivity index (χ4n) is 4.01. The lowest BCUT2D eigenvalue weighted by Crippen LogP contribution is -2.37. The van der Waals surface area contributed by atoms with Crippen molar-refractivity contribution in [2.24, 2.45) is 0 Å². The van der Waals surface area contributed by atoms with Crippen LogP contribution < -0.4 is 5.32 Å². The van der Waals surface area contributed by atoms with Crippen LogP contribution >= 0.6 is 0 Å². The van der Waals surface area contributed by atoms with Crippen molar-refractivity contribution in [3.05, 3.63) is 95.1 Å². The molecular weight excluding hydrogens is 372 g/mol. The van der Waals surface area contributed by atoms with Gasteiger partial charge in [0, 0.05) is 30.3 Å². The fourth-order valence-corrected chi connectivity index (χ4v) is 4.01. The molecule has 1 heterocycles. The van der Waals surface area contributed by atoms with Crippen molar-refractivity contribution in [1.29, 1.82) is 0 Å². The summed E-state index contributed by atoms with van der Waals surface area (Å²) in [6, 6.07) is 24.2. The Morgan fingerprint density at radius 2 is 1.73 bits per heavy atom. The van der Waals surface area contributed by atoms with Gasteiger partial charge < -0.3 is 10.2 Å². The summed E-state index contributed by atoms with van der Waals surface area (Å²) in [5.74, 6) is 0.0771. The first-order valence-electron chi connectivity index (χ1n) is 10.5. The SMILES string of the molecule is O=C(NC1CC1)c1cccc(-c2ccc3c(c2)CCN(Cc2ccccc2)C3=O)c1. The average molecular weight is 396 g/mol. The monoisotopic (exact) mass is 396 g/mol. The number of carbonyl (C=O) groups is 2. The average Bonchev–Trinajstić information content (AvgIpc) is 3.60. The molecule has 1 saturated carbocycles. The largest absolute Gasteiger partial charge is 0.349 e. The molecule has 0 unspecified atom stereocenters. The Balaban J connectivity index is 1.36. The maximum absolute atomic E-state index is 13.0. The van der Waals surface area contributed by atoms with Crippen LogP contribution in [0.4, 0.5) is 0 Å². The van der Waals surface area contributed by atoms with Gasteiger partial charge in [-0.3, -0.25) is 9.59 Å². The van der Waals surface area contributed by atoms with Gasteiger partial charge in [-0.15, -0.1) is 0 Å². The molecule has 1 N–H and O–H groups in total. The fraction of sp³-hybridized carbons (Fsp3) is 0.231. The second-order valence-corrected chi connectivity index (χ2v) is 8.16. The van der Waals surface area contributed by atoms with Crippen LogP contribution in [0.15, 0.2) is 72.8 Å². The van der Waals surface area contributed by atoms with Crippen molar-refractivity contribution < 1.29 is 9.59 Å². The van der Waals surface area contributed by atoms with Crippen LogP contribution in [0.3, 0.4) is 0 Å². The molecule has 4 nitrogen and oxygen atoms in total. The molecule has 0 aromatic heterocycles. The summed E-state index contributed by atoms with van der Waals surface area (Å²) >= 11 is 0. The smallest absolute Gasteiger partial charge is 0.254 e. The van der Waals surface area contributed by atoms with Crippen LogP contribution in [0.1, 0.15) is 44.7 Å². The Kier molecular flexibility index (Phi) is 4.83. The van der Waals surface area contributed by atoms with Gasteiger partial charge in [-0.05, 0) is 59.7 Å². The van der Waals surface area contributed by atoms with E-state index in [4.69, 9.17) is 0 Å². The van der Waals surface area contributed by atoms with E-state index in [1.807, 2.05) is 59.5 Å². The molecule has 0 atom stereocenters. The normalized spacial score (nSPS) is 15.6. The van der Waals surface area contributed by atoms with Gasteiger partial charge in [-0.1, -0.05) is 54.6 Å². The number of fused-ring (bicyclic) bond motifs is 1. The summed E-state index contributed by atoms with van der Waals surface area (Å²) in [5, 5.41) is 3.04. The standard InChI is InChI=1S/C26H24N2O2/c29-25(27-23-10-11-23)22-8-4-7-19(16-22)20-9-12-24-21(15-20)13-14-28(26(24)30)17-18-5-2-1-3-6-18/h1-9,12,15-16,23H,10-11,13-14,17H2,(H,27,29). The number of hydrogen-bond acceptors (Lipinski definition) is 2. The van der Waals surface area contributed by atoms with Crippen LogP contribution in [-0.4, -0.2) is 29.3 Å². The van der Waals surface area contributed by atoms with Crippen molar-refractivity contribution in [3.63, 3.8) is 0 Å². The van der Waals surface area contributed by atoms with Gasteiger partial charge in [0.1, 0.15) is 0 Å². The number of carbonyl (C=O) groups excluding carboxylic acids is 2. The predicted molar refractivity (Wildman–Crippen MR) is 117 cm³/mol. The van der Waals surface area contributed by atoms with Crippen molar-refractivity contribution >= 4 is 11.8 Å². The van der Waals surface area contributed by atoms with E-state index in [1.54, 1.807) is 0 Å². The Hall–Kier alpha value is -3.40. The minimum atomic E-state index is -0.0101. The first-order chi connectivity index (χ1) is 14.7. The zero-order valence-corrected chi connectivity index (χ0v) is 16.8. The summed E-state index contributed by atoms with van der Waals surface area (Å²) in [6.45, 7) is 1.35. The van der Waals surface area contributed by atoms with Crippen LogP contribution in [0.2, 0.25) is 0 Å². The number of rotatable bonds is 5. The van der Waals surface area contributed by atoms with Gasteiger partial charge >= 0.3 is 0 Å². The highest BCUT2D eigenvalue weighted by molar-refractivity contribution is 5.98. The highest BCUT2D eigenvalue weighted by Gasteiger charge is 2.25. The van der Waals surface area contributed by atoms with Crippen molar-refractivity contribution in [1.82, 2.24) is 10.2 Å². The van der Waals surface area contributed by atoms with Gasteiger partial charge in [0.15, 0.2) is 0 Å². The second kappa shape index (κ2) is 7.79. The zero-order valence-electron chi connectivity index (χ0n) is 16.8. The van der Waals surface area contributed by atoms with Crippen LogP contribution in [0.25, 0.3) is 11.1 Å². The van der Waals surface area contributed by atoms with E-state index in [0.717, 1.165) is 47.1 Å². The number of nitrogens with zero attached hydrogens (tertiary/aromatic N) is 1. The third-order valence-corrected chi connectivity index (χ3v) is 5.86. The molecule has 4 heteroatoms. The van der Waals surface area contributed by atoms with Crippen molar-refractivity contribution in [2.75, 3.05) is 6.54 Å². The van der Waals surface area contributed by atoms with E-state index < -0.39 is 0 Å². The summed E-state index contributed by atoms with van der Waals surface area (Å²) < 4.78 is 0. The first-order valence-corrected chi connectivity index (χ1v) is 10.5. The molecule has 3 aromatic rings. The van der Waals surface area contributed by atoms with Gasteiger partial charge in [0.2, 0.25) is 0 Å². The lowest BCUT2D eigenvalue weighted by atomic mass is 9.93. The van der Waals surface area contributed by atoms with Crippen molar-refractivity contribution in [2.45, 2.75) is 31.8 Å². The maximum Gasteiger partial charge on any atom is 0.254 e. The molecule has 0 spiro atoms. The molecule has 30 heavy (non-hydrogen) atoms. The summed E-state index contributed by atoms with van der Waals surface area (Å²) in [7, 11) is 0. The molecular formula is C26H24N2O2. The molecule has 3 aromatic carbocycles. The van der Waals surface area contributed by atoms with E-state index in [1.165, 1.54) is 0 Å². The van der Waals surface area contributed by atoms with Gasteiger partial charge in [-0.2, -0.15) is 0 Å². The van der Waals surface area contributed by atoms with E-state index in [0.29, 0.717) is 24.7 Å². The minimum absolute atomic E-state index is 0.0101. The van der Waals surface area contributed by atoms with Gasteiger partial charge in [0.25, 0.3) is 11.8 Å². The third-order valence-electron chi connectivity index (χ3n) is 5.86. The minimum Gasteiger partial charge on any atom is -0.349 e.